The normalized spacial score (nSPS) is 24.2. The van der Waals surface area contributed by atoms with E-state index in [1.54, 1.807) is 0 Å². The van der Waals surface area contributed by atoms with E-state index in [4.69, 9.17) is 9.47 Å². The maximum absolute atomic E-state index is 12.6. The van der Waals surface area contributed by atoms with Gasteiger partial charge in [0.05, 0.1) is 12.6 Å². The van der Waals surface area contributed by atoms with Gasteiger partial charge in [0, 0.05) is 6.04 Å². The molecule has 2 fully saturated rings. The van der Waals surface area contributed by atoms with Crippen LogP contribution in [0.25, 0.3) is 0 Å². The van der Waals surface area contributed by atoms with Gasteiger partial charge in [0.15, 0.2) is 11.5 Å². The van der Waals surface area contributed by atoms with E-state index in [9.17, 15) is 10.1 Å². The van der Waals surface area contributed by atoms with Gasteiger partial charge in [0.25, 0.3) is 0 Å². The second-order valence-electron chi connectivity index (χ2n) is 7.48. The molecule has 1 aromatic rings. The van der Waals surface area contributed by atoms with Crippen molar-refractivity contribution in [3.05, 3.63) is 23.8 Å². The van der Waals surface area contributed by atoms with Gasteiger partial charge in [-0.1, -0.05) is 6.07 Å². The van der Waals surface area contributed by atoms with Gasteiger partial charge in [0.2, 0.25) is 5.91 Å². The zero-order valence-corrected chi connectivity index (χ0v) is 15.0. The first-order valence-electron chi connectivity index (χ1n) is 9.55. The monoisotopic (exact) mass is 355 g/mol. The van der Waals surface area contributed by atoms with Crippen LogP contribution in [0.1, 0.15) is 50.1 Å². The highest BCUT2D eigenvalue weighted by molar-refractivity contribution is 5.79. The molecule has 2 aliphatic heterocycles. The van der Waals surface area contributed by atoms with Crippen molar-refractivity contribution in [1.82, 2.24) is 10.2 Å². The number of benzene rings is 1. The van der Waals surface area contributed by atoms with Crippen molar-refractivity contribution in [1.29, 1.82) is 5.26 Å². The molecule has 6 heteroatoms. The van der Waals surface area contributed by atoms with Crippen molar-refractivity contribution in [2.24, 2.45) is 0 Å². The Morgan fingerprint density at radius 1 is 1.23 bits per heavy atom. The van der Waals surface area contributed by atoms with Crippen molar-refractivity contribution in [2.45, 2.75) is 50.1 Å². The molecule has 0 aromatic heterocycles. The van der Waals surface area contributed by atoms with Gasteiger partial charge in [-0.2, -0.15) is 5.26 Å². The lowest BCUT2D eigenvalue weighted by molar-refractivity contribution is -0.123. The number of hydrogen-bond donors (Lipinski definition) is 1. The topological polar surface area (TPSA) is 74.6 Å². The number of nitrogens with zero attached hydrogens (tertiary/aromatic N) is 2. The van der Waals surface area contributed by atoms with Gasteiger partial charge in [-0.05, 0) is 62.8 Å². The summed E-state index contributed by atoms with van der Waals surface area (Å²) in [4.78, 5) is 14.8. The molecule has 1 saturated heterocycles. The molecule has 1 atom stereocenters. The van der Waals surface area contributed by atoms with Crippen molar-refractivity contribution < 1.29 is 14.3 Å². The summed E-state index contributed by atoms with van der Waals surface area (Å²) >= 11 is 0. The molecule has 1 saturated carbocycles. The van der Waals surface area contributed by atoms with Crippen LogP contribution in [0.4, 0.5) is 0 Å². The second-order valence-corrected chi connectivity index (χ2v) is 7.48. The van der Waals surface area contributed by atoms with Crippen LogP contribution in [0.15, 0.2) is 18.2 Å². The molecule has 2 heterocycles. The number of nitrogens with one attached hydrogen (secondary N) is 1. The number of nitriles is 1. The van der Waals surface area contributed by atoms with Gasteiger partial charge in [0.1, 0.15) is 18.8 Å². The molecule has 1 aromatic carbocycles. The summed E-state index contributed by atoms with van der Waals surface area (Å²) in [6.07, 6.45) is 5.64. The Balaban J connectivity index is 1.43. The lowest BCUT2D eigenvalue weighted by Gasteiger charge is -2.28. The summed E-state index contributed by atoms with van der Waals surface area (Å²) in [7, 11) is 0. The average molecular weight is 355 g/mol. The Bertz CT molecular complexity index is 722. The lowest BCUT2D eigenvalue weighted by atomic mass is 10.00. The highest BCUT2D eigenvalue weighted by Gasteiger charge is 2.36. The molecule has 0 spiro atoms. The minimum Gasteiger partial charge on any atom is -0.486 e. The maximum Gasteiger partial charge on any atom is 0.235 e. The van der Waals surface area contributed by atoms with Crippen LogP contribution in [-0.2, 0) is 4.79 Å². The number of carbonyl (C=O) groups excluding carboxylic acids is 1. The van der Waals surface area contributed by atoms with Crippen LogP contribution in [0.3, 0.4) is 0 Å². The van der Waals surface area contributed by atoms with Crippen LogP contribution in [0, 0.1) is 11.3 Å². The maximum atomic E-state index is 12.6. The Morgan fingerprint density at radius 3 is 2.77 bits per heavy atom. The molecule has 1 amide bonds. The molecule has 1 aliphatic carbocycles. The van der Waals surface area contributed by atoms with Gasteiger partial charge < -0.3 is 14.8 Å². The molecule has 6 nitrogen and oxygen atoms in total. The third-order valence-corrected chi connectivity index (χ3v) is 5.71. The zero-order valence-electron chi connectivity index (χ0n) is 15.0. The molecular weight excluding hydrogens is 330 g/mol. The summed E-state index contributed by atoms with van der Waals surface area (Å²) in [5.41, 5.74) is 0.513. The molecule has 138 valence electrons. The smallest absolute Gasteiger partial charge is 0.235 e. The Kier molecular flexibility index (Phi) is 4.73. The molecule has 1 N–H and O–H groups in total. The first-order chi connectivity index (χ1) is 12.7. The average Bonchev–Trinajstić information content (AvgIpc) is 3.31. The standard InChI is InChI=1S/C20H25N3O3/c21-14-20(7-1-2-8-20)22-19(24)13-23-9-3-4-16(23)15-5-6-17-18(12-15)26-11-10-25-17/h5-6,12,16H,1-4,7-11,13H2,(H,22,24). The van der Waals surface area contributed by atoms with Crippen molar-refractivity contribution in [3.63, 3.8) is 0 Å². The predicted molar refractivity (Wildman–Crippen MR) is 95.9 cm³/mol. The van der Waals surface area contributed by atoms with E-state index >= 15 is 0 Å². The summed E-state index contributed by atoms with van der Waals surface area (Å²) in [5.74, 6) is 1.54. The van der Waals surface area contributed by atoms with Crippen LogP contribution in [0.5, 0.6) is 11.5 Å². The van der Waals surface area contributed by atoms with Crippen molar-refractivity contribution >= 4 is 5.91 Å². The Morgan fingerprint density at radius 2 is 2.00 bits per heavy atom. The van der Waals surface area contributed by atoms with E-state index in [0.717, 1.165) is 62.1 Å². The zero-order chi connectivity index (χ0) is 18.0. The summed E-state index contributed by atoms with van der Waals surface area (Å²) in [6, 6.07) is 8.61. The fourth-order valence-electron chi connectivity index (χ4n) is 4.39. The van der Waals surface area contributed by atoms with Gasteiger partial charge in [-0.15, -0.1) is 0 Å². The highest BCUT2D eigenvalue weighted by atomic mass is 16.6. The molecule has 0 bridgehead atoms. The number of likely N-dealkylation sites (tertiary alicyclic amines) is 1. The van der Waals surface area contributed by atoms with E-state index in [1.807, 2.05) is 12.1 Å². The summed E-state index contributed by atoms with van der Waals surface area (Å²) in [5, 5.41) is 12.5. The van der Waals surface area contributed by atoms with Gasteiger partial charge in [-0.3, -0.25) is 9.69 Å². The molecular formula is C20H25N3O3. The number of ether oxygens (including phenoxy) is 2. The lowest BCUT2D eigenvalue weighted by Crippen LogP contribution is -2.48. The molecule has 26 heavy (non-hydrogen) atoms. The number of rotatable bonds is 4. The molecule has 3 aliphatic rings. The van der Waals surface area contributed by atoms with Crippen molar-refractivity contribution in [3.8, 4) is 17.6 Å². The molecule has 4 rings (SSSR count). The fraction of sp³-hybridized carbons (Fsp3) is 0.600. The second kappa shape index (κ2) is 7.16. The first-order valence-corrected chi connectivity index (χ1v) is 9.55. The quantitative estimate of drug-likeness (QED) is 0.898. The Hall–Kier alpha value is -2.26. The summed E-state index contributed by atoms with van der Waals surface area (Å²) in [6.45, 7) is 2.39. The van der Waals surface area contributed by atoms with Gasteiger partial charge in [-0.25, -0.2) is 0 Å². The fourth-order valence-corrected chi connectivity index (χ4v) is 4.39. The Labute approximate surface area is 154 Å². The first kappa shape index (κ1) is 17.2. The van der Waals surface area contributed by atoms with Gasteiger partial charge >= 0.3 is 0 Å². The molecule has 0 radical (unpaired) electrons. The van der Waals surface area contributed by atoms with E-state index in [0.29, 0.717) is 19.8 Å². The number of fused-ring (bicyclic) bond motifs is 1. The number of amides is 1. The number of carbonyl (C=O) groups is 1. The minimum absolute atomic E-state index is 0.0436. The van der Waals surface area contributed by atoms with E-state index < -0.39 is 5.54 Å². The van der Waals surface area contributed by atoms with E-state index in [-0.39, 0.29) is 11.9 Å². The SMILES string of the molecule is N#CC1(NC(=O)CN2CCCC2c2ccc3c(c2)OCCO3)CCCC1. The largest absolute Gasteiger partial charge is 0.486 e. The van der Waals surface area contributed by atoms with Crippen LogP contribution in [-0.4, -0.2) is 42.6 Å². The summed E-state index contributed by atoms with van der Waals surface area (Å²) < 4.78 is 11.3. The highest BCUT2D eigenvalue weighted by Crippen LogP contribution is 2.38. The van der Waals surface area contributed by atoms with Crippen LogP contribution >= 0.6 is 0 Å². The van der Waals surface area contributed by atoms with Crippen LogP contribution in [0.2, 0.25) is 0 Å². The van der Waals surface area contributed by atoms with E-state index in [1.165, 1.54) is 0 Å². The predicted octanol–water partition coefficient (Wildman–Crippen LogP) is 2.55. The third kappa shape index (κ3) is 3.36. The molecule has 1 unspecified atom stereocenters. The van der Waals surface area contributed by atoms with E-state index in [2.05, 4.69) is 22.4 Å². The minimum atomic E-state index is -0.650. The third-order valence-electron chi connectivity index (χ3n) is 5.71. The van der Waals surface area contributed by atoms with Crippen LogP contribution < -0.4 is 14.8 Å². The number of hydrogen-bond acceptors (Lipinski definition) is 5. The van der Waals surface area contributed by atoms with Crippen molar-refractivity contribution in [2.75, 3.05) is 26.3 Å².